The molecular weight excluding hydrogens is 440 g/mol. The van der Waals surface area contributed by atoms with Gasteiger partial charge in [0.2, 0.25) is 0 Å². The third-order valence-corrected chi connectivity index (χ3v) is 5.61. The minimum atomic E-state index is -0.425. The average molecular weight is 459 g/mol. The van der Waals surface area contributed by atoms with E-state index in [1.54, 1.807) is 54.6 Å². The van der Waals surface area contributed by atoms with E-state index in [9.17, 15) is 19.2 Å². The number of rotatable bonds is 8. The molecular formula is C22H19ClN2O5S. The molecule has 7 nitrogen and oxygen atoms in total. The third-order valence-electron chi connectivity index (χ3n) is 4.35. The maximum atomic E-state index is 12.5. The normalized spacial score (nSPS) is 14.8. The number of halogens is 1. The summed E-state index contributed by atoms with van der Waals surface area (Å²) in [7, 11) is 0. The lowest BCUT2D eigenvalue weighted by molar-refractivity contribution is -0.125. The monoisotopic (exact) mass is 458 g/mol. The van der Waals surface area contributed by atoms with Crippen molar-refractivity contribution in [3.8, 4) is 5.75 Å². The van der Waals surface area contributed by atoms with Crippen LogP contribution in [0.3, 0.4) is 0 Å². The number of nitrogens with one attached hydrogen (secondary N) is 1. The highest BCUT2D eigenvalue weighted by molar-refractivity contribution is 8.18. The maximum Gasteiger partial charge on any atom is 0.293 e. The van der Waals surface area contributed by atoms with Gasteiger partial charge in [0.1, 0.15) is 5.75 Å². The Bertz CT molecular complexity index is 1050. The van der Waals surface area contributed by atoms with E-state index in [1.165, 1.54) is 6.92 Å². The largest absolute Gasteiger partial charge is 0.484 e. The van der Waals surface area contributed by atoms with E-state index in [0.717, 1.165) is 16.7 Å². The van der Waals surface area contributed by atoms with Gasteiger partial charge in [-0.05, 0) is 60.7 Å². The molecule has 9 heteroatoms. The summed E-state index contributed by atoms with van der Waals surface area (Å²) in [5.74, 6) is -0.422. The second kappa shape index (κ2) is 10.3. The van der Waals surface area contributed by atoms with Gasteiger partial charge in [-0.3, -0.25) is 24.1 Å². The molecule has 0 atom stereocenters. The lowest BCUT2D eigenvalue weighted by Crippen LogP contribution is -2.38. The van der Waals surface area contributed by atoms with Crippen molar-refractivity contribution >= 4 is 52.3 Å². The molecule has 1 aliphatic heterocycles. The number of nitrogens with zero attached hydrogens (tertiary/aromatic N) is 1. The first-order chi connectivity index (χ1) is 14.8. The van der Waals surface area contributed by atoms with Gasteiger partial charge in [0.15, 0.2) is 12.4 Å². The number of hydrogen-bond donors (Lipinski definition) is 1. The molecule has 0 aliphatic carbocycles. The summed E-state index contributed by atoms with van der Waals surface area (Å²) in [6.45, 7) is 1.38. The predicted molar refractivity (Wildman–Crippen MR) is 119 cm³/mol. The van der Waals surface area contributed by atoms with Crippen molar-refractivity contribution in [2.24, 2.45) is 0 Å². The van der Waals surface area contributed by atoms with Crippen LogP contribution in [-0.4, -0.2) is 47.4 Å². The van der Waals surface area contributed by atoms with E-state index >= 15 is 0 Å². The van der Waals surface area contributed by atoms with E-state index in [0.29, 0.717) is 21.9 Å². The van der Waals surface area contributed by atoms with Gasteiger partial charge >= 0.3 is 0 Å². The Morgan fingerprint density at radius 3 is 2.52 bits per heavy atom. The fourth-order valence-electron chi connectivity index (χ4n) is 2.72. The van der Waals surface area contributed by atoms with Crippen LogP contribution in [0.2, 0.25) is 5.02 Å². The molecule has 0 spiro atoms. The molecule has 0 unspecified atom stereocenters. The minimum Gasteiger partial charge on any atom is -0.484 e. The Hall–Kier alpha value is -3.10. The number of imide groups is 1. The predicted octanol–water partition coefficient (Wildman–Crippen LogP) is 3.77. The molecule has 31 heavy (non-hydrogen) atoms. The minimum absolute atomic E-state index is 0.0452. The number of ether oxygens (including phenoxy) is 1. The first kappa shape index (κ1) is 22.6. The Balaban J connectivity index is 1.47. The number of hydrogen-bond acceptors (Lipinski definition) is 6. The standard InChI is InChI=1S/C22H19ClN2O5S/c1-14(26)15-6-8-17(9-7-15)30-13-20(27)24-10-11-25-21(28)19(31-22(25)29)12-16-4-2-3-5-18(16)23/h2-9,12H,10-11,13H2,1H3,(H,24,27). The summed E-state index contributed by atoms with van der Waals surface area (Å²) in [6, 6.07) is 13.5. The Morgan fingerprint density at radius 1 is 1.13 bits per heavy atom. The van der Waals surface area contributed by atoms with E-state index in [4.69, 9.17) is 16.3 Å². The van der Waals surface area contributed by atoms with Crippen molar-refractivity contribution in [3.63, 3.8) is 0 Å². The topological polar surface area (TPSA) is 92.8 Å². The number of Topliss-reactive ketones (excluding diaryl/α,β-unsaturated/α-hetero) is 1. The van der Waals surface area contributed by atoms with Crippen LogP contribution in [0.25, 0.3) is 6.08 Å². The number of thioether (sulfide) groups is 1. The first-order valence-corrected chi connectivity index (χ1v) is 10.5. The number of benzene rings is 2. The summed E-state index contributed by atoms with van der Waals surface area (Å²) < 4.78 is 5.37. The van der Waals surface area contributed by atoms with E-state index in [1.807, 2.05) is 0 Å². The molecule has 0 radical (unpaired) electrons. The molecule has 1 aliphatic rings. The fourth-order valence-corrected chi connectivity index (χ4v) is 3.77. The molecule has 2 aromatic rings. The Labute approximate surface area is 188 Å². The SMILES string of the molecule is CC(=O)c1ccc(OCC(=O)NCCN2C(=O)SC(=Cc3ccccc3Cl)C2=O)cc1. The molecule has 0 saturated carbocycles. The molecule has 3 amide bonds. The number of carbonyl (C=O) groups is 4. The summed E-state index contributed by atoms with van der Waals surface area (Å²) in [6.07, 6.45) is 1.58. The van der Waals surface area contributed by atoms with Gasteiger partial charge < -0.3 is 10.1 Å². The van der Waals surface area contributed by atoms with E-state index in [-0.39, 0.29) is 30.4 Å². The van der Waals surface area contributed by atoms with Crippen molar-refractivity contribution < 1.29 is 23.9 Å². The van der Waals surface area contributed by atoms with Gasteiger partial charge in [0.05, 0.1) is 4.91 Å². The molecule has 1 heterocycles. The number of carbonyl (C=O) groups excluding carboxylic acids is 4. The molecule has 1 N–H and O–H groups in total. The first-order valence-electron chi connectivity index (χ1n) is 9.35. The molecule has 1 saturated heterocycles. The van der Waals surface area contributed by atoms with Crippen molar-refractivity contribution in [2.75, 3.05) is 19.7 Å². The molecule has 0 bridgehead atoms. The van der Waals surface area contributed by atoms with Crippen molar-refractivity contribution in [2.45, 2.75) is 6.92 Å². The van der Waals surface area contributed by atoms with Gasteiger partial charge in [0.25, 0.3) is 17.1 Å². The van der Waals surface area contributed by atoms with Crippen LogP contribution < -0.4 is 10.1 Å². The van der Waals surface area contributed by atoms with Gasteiger partial charge in [-0.2, -0.15) is 0 Å². The molecule has 1 fully saturated rings. The van der Waals surface area contributed by atoms with Crippen molar-refractivity contribution in [3.05, 3.63) is 69.6 Å². The highest BCUT2D eigenvalue weighted by atomic mass is 35.5. The number of amides is 3. The Morgan fingerprint density at radius 2 is 1.84 bits per heavy atom. The van der Waals surface area contributed by atoms with Gasteiger partial charge in [0, 0.05) is 23.7 Å². The van der Waals surface area contributed by atoms with Gasteiger partial charge in [-0.15, -0.1) is 0 Å². The van der Waals surface area contributed by atoms with Crippen LogP contribution in [0, 0.1) is 0 Å². The van der Waals surface area contributed by atoms with Gasteiger partial charge in [-0.1, -0.05) is 29.8 Å². The zero-order chi connectivity index (χ0) is 22.4. The van der Waals surface area contributed by atoms with Crippen LogP contribution >= 0.6 is 23.4 Å². The Kier molecular flexibility index (Phi) is 7.49. The average Bonchev–Trinajstić information content (AvgIpc) is 3.01. The summed E-state index contributed by atoms with van der Waals surface area (Å²) >= 11 is 6.93. The van der Waals surface area contributed by atoms with E-state index < -0.39 is 17.1 Å². The van der Waals surface area contributed by atoms with Crippen LogP contribution in [0.4, 0.5) is 4.79 Å². The molecule has 3 rings (SSSR count). The highest BCUT2D eigenvalue weighted by Crippen LogP contribution is 2.33. The quantitative estimate of drug-likeness (QED) is 0.478. The zero-order valence-corrected chi connectivity index (χ0v) is 18.2. The summed E-state index contributed by atoms with van der Waals surface area (Å²) in [5, 5.41) is 2.69. The van der Waals surface area contributed by atoms with Crippen LogP contribution in [0.5, 0.6) is 5.75 Å². The highest BCUT2D eigenvalue weighted by Gasteiger charge is 2.34. The fraction of sp³-hybridized carbons (Fsp3) is 0.182. The van der Waals surface area contributed by atoms with E-state index in [2.05, 4.69) is 5.32 Å². The third kappa shape index (κ3) is 5.96. The van der Waals surface area contributed by atoms with Gasteiger partial charge in [-0.25, -0.2) is 0 Å². The van der Waals surface area contributed by atoms with Crippen LogP contribution in [0.15, 0.2) is 53.4 Å². The smallest absolute Gasteiger partial charge is 0.293 e. The molecule has 160 valence electrons. The lowest BCUT2D eigenvalue weighted by atomic mass is 10.1. The number of ketones is 1. The van der Waals surface area contributed by atoms with Crippen molar-refractivity contribution in [1.82, 2.24) is 10.2 Å². The van der Waals surface area contributed by atoms with Crippen LogP contribution in [-0.2, 0) is 9.59 Å². The lowest BCUT2D eigenvalue weighted by Gasteiger charge is -2.13. The second-order valence-electron chi connectivity index (χ2n) is 6.57. The van der Waals surface area contributed by atoms with Crippen LogP contribution in [0.1, 0.15) is 22.8 Å². The molecule has 2 aromatic carbocycles. The molecule has 0 aromatic heterocycles. The maximum absolute atomic E-state index is 12.5. The van der Waals surface area contributed by atoms with Crippen molar-refractivity contribution in [1.29, 1.82) is 0 Å². The zero-order valence-electron chi connectivity index (χ0n) is 16.6. The summed E-state index contributed by atoms with van der Waals surface area (Å²) in [5.41, 5.74) is 1.20. The summed E-state index contributed by atoms with van der Waals surface area (Å²) in [4.78, 5) is 49.2. The second-order valence-corrected chi connectivity index (χ2v) is 7.97.